The van der Waals surface area contributed by atoms with Crippen LogP contribution in [0.4, 0.5) is 13.2 Å². The maximum atomic E-state index is 13.1. The Labute approximate surface area is 203 Å². The maximum absolute atomic E-state index is 13.1. The molecule has 0 radical (unpaired) electrons. The van der Waals surface area contributed by atoms with Gasteiger partial charge in [-0.25, -0.2) is 9.59 Å². The maximum Gasteiger partial charge on any atom is 0.416 e. The van der Waals surface area contributed by atoms with Crippen molar-refractivity contribution < 1.29 is 32.2 Å². The topological polar surface area (TPSA) is 59.1 Å². The number of likely N-dealkylation sites (tertiary alicyclic amines) is 1. The number of ether oxygens (including phenoxy) is 2. The summed E-state index contributed by atoms with van der Waals surface area (Å²) in [7, 11) is 4.25. The molecule has 0 N–H and O–H groups in total. The summed E-state index contributed by atoms with van der Waals surface area (Å²) in [5.74, 6) is -2.20. The molecule has 6 nitrogen and oxygen atoms in total. The van der Waals surface area contributed by atoms with Gasteiger partial charge in [-0.15, -0.1) is 12.4 Å². The second-order valence-electron chi connectivity index (χ2n) is 8.29. The van der Waals surface area contributed by atoms with Crippen LogP contribution in [0.1, 0.15) is 43.2 Å². The Hall–Kier alpha value is -2.52. The molecule has 2 aliphatic heterocycles. The number of benzene rings is 1. The molecule has 0 aliphatic carbocycles. The minimum atomic E-state index is -4.50. The lowest BCUT2D eigenvalue weighted by atomic mass is 9.79. The number of methoxy groups -OCH3 is 2. The van der Waals surface area contributed by atoms with Crippen molar-refractivity contribution in [2.24, 2.45) is 0 Å². The standard InChI is InChI=1S/C24H29F3N2O4.ClH/c1-15-19(22(30)32-3)20(16-8-10-17(11-9-16)24(25,26)27)21(23(31)33-4)18(28(15)2)14-29-12-6-5-7-13-29;/h8-11,20H,5-7,12-14H2,1-4H3;1H. The van der Waals surface area contributed by atoms with Crippen molar-refractivity contribution in [1.82, 2.24) is 9.80 Å². The first-order valence-corrected chi connectivity index (χ1v) is 10.8. The van der Waals surface area contributed by atoms with E-state index in [9.17, 15) is 22.8 Å². The van der Waals surface area contributed by atoms with Crippen LogP contribution in [-0.2, 0) is 25.2 Å². The number of piperidine rings is 1. The number of allylic oxidation sites excluding steroid dienone is 1. The summed E-state index contributed by atoms with van der Waals surface area (Å²) in [4.78, 5) is 29.9. The van der Waals surface area contributed by atoms with E-state index < -0.39 is 29.6 Å². The molecule has 34 heavy (non-hydrogen) atoms. The molecule has 1 saturated heterocycles. The molecular weight excluding hydrogens is 473 g/mol. The lowest BCUT2D eigenvalue weighted by Gasteiger charge is -2.39. The SMILES string of the molecule is COC(=O)C1=C(C)N(C)C(CN2CCCCC2)=C(C(=O)OC)C1c1ccc(C(F)(F)F)cc1.Cl. The number of carbonyl (C=O) groups excluding carboxylic acids is 2. The van der Waals surface area contributed by atoms with Gasteiger partial charge in [0.1, 0.15) is 0 Å². The Balaban J connectivity index is 0.00000408. The molecule has 1 aromatic carbocycles. The van der Waals surface area contributed by atoms with Gasteiger partial charge in [-0.1, -0.05) is 18.6 Å². The highest BCUT2D eigenvalue weighted by Crippen LogP contribution is 2.43. The molecule has 2 aliphatic rings. The molecule has 0 bridgehead atoms. The first kappa shape index (κ1) is 27.7. The van der Waals surface area contributed by atoms with E-state index in [0.29, 0.717) is 23.5 Å². The van der Waals surface area contributed by atoms with Crippen molar-refractivity contribution >= 4 is 24.3 Å². The van der Waals surface area contributed by atoms with Gasteiger partial charge in [0.2, 0.25) is 0 Å². The predicted octanol–water partition coefficient (Wildman–Crippen LogP) is 4.52. The number of halogens is 4. The predicted molar refractivity (Wildman–Crippen MR) is 123 cm³/mol. The third kappa shape index (κ3) is 5.58. The van der Waals surface area contributed by atoms with Crippen LogP contribution in [0.25, 0.3) is 0 Å². The van der Waals surface area contributed by atoms with Crippen molar-refractivity contribution in [1.29, 1.82) is 0 Å². The molecule has 0 spiro atoms. The molecule has 2 heterocycles. The molecule has 1 aromatic rings. The van der Waals surface area contributed by atoms with Crippen molar-refractivity contribution in [2.75, 3.05) is 40.9 Å². The van der Waals surface area contributed by atoms with Gasteiger partial charge < -0.3 is 14.4 Å². The molecule has 1 fully saturated rings. The van der Waals surface area contributed by atoms with Crippen LogP contribution in [0.15, 0.2) is 46.8 Å². The van der Waals surface area contributed by atoms with Crippen LogP contribution in [-0.4, -0.2) is 62.6 Å². The molecule has 0 aromatic heterocycles. The largest absolute Gasteiger partial charge is 0.466 e. The zero-order valence-electron chi connectivity index (χ0n) is 19.7. The van der Waals surface area contributed by atoms with Crippen LogP contribution >= 0.6 is 12.4 Å². The highest BCUT2D eigenvalue weighted by molar-refractivity contribution is 5.99. The fourth-order valence-electron chi connectivity index (χ4n) is 4.52. The minimum absolute atomic E-state index is 0. The average Bonchev–Trinajstić information content (AvgIpc) is 2.81. The number of rotatable bonds is 5. The minimum Gasteiger partial charge on any atom is -0.466 e. The first-order valence-electron chi connectivity index (χ1n) is 10.8. The highest BCUT2D eigenvalue weighted by atomic mass is 35.5. The summed E-state index contributed by atoms with van der Waals surface area (Å²) < 4.78 is 49.5. The molecule has 0 saturated carbocycles. The van der Waals surface area contributed by atoms with Gasteiger partial charge in [0.05, 0.1) is 36.8 Å². The smallest absolute Gasteiger partial charge is 0.416 e. The number of alkyl halides is 3. The van der Waals surface area contributed by atoms with Crippen molar-refractivity contribution in [3.05, 3.63) is 57.9 Å². The first-order chi connectivity index (χ1) is 15.6. The molecule has 1 atom stereocenters. The van der Waals surface area contributed by atoms with Crippen LogP contribution in [0.2, 0.25) is 0 Å². The van der Waals surface area contributed by atoms with E-state index in [1.165, 1.54) is 26.4 Å². The number of esters is 2. The van der Waals surface area contributed by atoms with E-state index in [0.717, 1.165) is 44.5 Å². The lowest BCUT2D eigenvalue weighted by molar-refractivity contribution is -0.138. The zero-order chi connectivity index (χ0) is 24.3. The average molecular weight is 503 g/mol. The third-order valence-corrected chi connectivity index (χ3v) is 6.39. The Morgan fingerprint density at radius 3 is 2.00 bits per heavy atom. The van der Waals surface area contributed by atoms with E-state index in [1.807, 2.05) is 0 Å². The van der Waals surface area contributed by atoms with Gasteiger partial charge >= 0.3 is 18.1 Å². The Morgan fingerprint density at radius 2 is 1.50 bits per heavy atom. The monoisotopic (exact) mass is 502 g/mol. The number of carbonyl (C=O) groups is 2. The Kier molecular flexibility index (Phi) is 9.19. The highest BCUT2D eigenvalue weighted by Gasteiger charge is 2.41. The van der Waals surface area contributed by atoms with Crippen molar-refractivity contribution in [3.63, 3.8) is 0 Å². The summed E-state index contributed by atoms with van der Waals surface area (Å²) in [6.45, 7) is 3.96. The van der Waals surface area contributed by atoms with Crippen LogP contribution in [0.5, 0.6) is 0 Å². The van der Waals surface area contributed by atoms with E-state index >= 15 is 0 Å². The Bertz CT molecular complexity index is 967. The van der Waals surface area contributed by atoms with Crippen LogP contribution < -0.4 is 0 Å². The van der Waals surface area contributed by atoms with Gasteiger partial charge in [0.25, 0.3) is 0 Å². The molecule has 0 amide bonds. The quantitative estimate of drug-likeness (QED) is 0.552. The van der Waals surface area contributed by atoms with Crippen LogP contribution in [0, 0.1) is 0 Å². The van der Waals surface area contributed by atoms with E-state index in [1.54, 1.807) is 18.9 Å². The van der Waals surface area contributed by atoms with Crippen molar-refractivity contribution in [3.8, 4) is 0 Å². The summed E-state index contributed by atoms with van der Waals surface area (Å²) in [5.41, 5.74) is 1.24. The number of hydrogen-bond acceptors (Lipinski definition) is 6. The van der Waals surface area contributed by atoms with E-state index in [4.69, 9.17) is 9.47 Å². The summed E-state index contributed by atoms with van der Waals surface area (Å²) in [6.07, 6.45) is -1.25. The number of likely N-dealkylation sites (N-methyl/N-ethyl adjacent to an activating group) is 1. The summed E-state index contributed by atoms with van der Waals surface area (Å²) >= 11 is 0. The fraction of sp³-hybridized carbons (Fsp3) is 0.500. The number of nitrogens with zero attached hydrogens (tertiary/aromatic N) is 2. The second kappa shape index (κ2) is 11.3. The summed E-state index contributed by atoms with van der Waals surface area (Å²) in [6, 6.07) is 4.52. The van der Waals surface area contributed by atoms with Crippen LogP contribution in [0.3, 0.4) is 0 Å². The fourth-order valence-corrected chi connectivity index (χ4v) is 4.52. The molecular formula is C24H30ClF3N2O4. The molecule has 1 unspecified atom stereocenters. The second-order valence-corrected chi connectivity index (χ2v) is 8.29. The van der Waals surface area contributed by atoms with E-state index in [2.05, 4.69) is 4.90 Å². The lowest BCUT2D eigenvalue weighted by Crippen LogP contribution is -2.40. The molecule has 10 heteroatoms. The van der Waals surface area contributed by atoms with Gasteiger partial charge in [-0.3, -0.25) is 4.90 Å². The van der Waals surface area contributed by atoms with Gasteiger partial charge in [-0.2, -0.15) is 13.2 Å². The zero-order valence-corrected chi connectivity index (χ0v) is 20.5. The molecule has 3 rings (SSSR count). The third-order valence-electron chi connectivity index (χ3n) is 6.39. The molecule has 188 valence electrons. The number of hydrogen-bond donors (Lipinski definition) is 0. The van der Waals surface area contributed by atoms with Gasteiger partial charge in [0.15, 0.2) is 0 Å². The Morgan fingerprint density at radius 1 is 0.971 bits per heavy atom. The van der Waals surface area contributed by atoms with Gasteiger partial charge in [-0.05, 0) is 50.6 Å². The van der Waals surface area contributed by atoms with Gasteiger partial charge in [0, 0.05) is 25.0 Å². The summed E-state index contributed by atoms with van der Waals surface area (Å²) in [5, 5.41) is 0. The normalized spacial score (nSPS) is 19.6. The van der Waals surface area contributed by atoms with E-state index in [-0.39, 0.29) is 23.6 Å². The van der Waals surface area contributed by atoms with Crippen molar-refractivity contribution in [2.45, 2.75) is 38.3 Å².